The van der Waals surface area contributed by atoms with Crippen LogP contribution in [-0.4, -0.2) is 25.5 Å². The van der Waals surface area contributed by atoms with Crippen LogP contribution in [-0.2, 0) is 6.67 Å². The second kappa shape index (κ2) is 6.84. The number of amides is 1. The van der Waals surface area contributed by atoms with Crippen molar-refractivity contribution in [2.75, 3.05) is 5.32 Å². The monoisotopic (exact) mass is 401 g/mol. The lowest BCUT2D eigenvalue weighted by atomic mass is 10.1. The van der Waals surface area contributed by atoms with Crippen molar-refractivity contribution >= 4 is 27.5 Å². The van der Waals surface area contributed by atoms with Crippen molar-refractivity contribution in [2.24, 2.45) is 0 Å². The Balaban J connectivity index is 1.75. The molecule has 1 aromatic carbocycles. The van der Waals surface area contributed by atoms with Crippen molar-refractivity contribution in [3.8, 4) is 0 Å². The zero-order valence-corrected chi connectivity index (χ0v) is 16.3. The van der Waals surface area contributed by atoms with Gasteiger partial charge >= 0.3 is 0 Å². The topological polar surface area (TPSA) is 64.7 Å². The number of hydrogen-bond donors (Lipinski definition) is 1. The van der Waals surface area contributed by atoms with Crippen LogP contribution in [0.3, 0.4) is 0 Å². The van der Waals surface area contributed by atoms with E-state index in [1.807, 2.05) is 50.6 Å². The standard InChI is InChI=1S/C18H20BrN5O/c1-11-5-6-12(2)16(9-11)20-18(25)15-7-8-23(22-15)10-24-14(4)17(19)13(3)21-24/h5-9H,10H2,1-4H3,(H,20,25). The average molecular weight is 402 g/mol. The molecule has 0 radical (unpaired) electrons. The Hall–Kier alpha value is -2.41. The molecule has 7 heteroatoms. The van der Waals surface area contributed by atoms with E-state index in [1.54, 1.807) is 16.9 Å². The van der Waals surface area contributed by atoms with Crippen molar-refractivity contribution in [3.05, 3.63) is 63.1 Å². The summed E-state index contributed by atoms with van der Waals surface area (Å²) in [6, 6.07) is 7.68. The molecule has 0 aliphatic rings. The van der Waals surface area contributed by atoms with Crippen molar-refractivity contribution in [2.45, 2.75) is 34.4 Å². The molecule has 25 heavy (non-hydrogen) atoms. The molecule has 0 aliphatic heterocycles. The van der Waals surface area contributed by atoms with Gasteiger partial charge in [0.1, 0.15) is 6.67 Å². The number of aromatic nitrogens is 4. The van der Waals surface area contributed by atoms with Gasteiger partial charge in [-0.2, -0.15) is 10.2 Å². The Labute approximate surface area is 155 Å². The molecule has 0 unspecified atom stereocenters. The number of nitrogens with one attached hydrogen (secondary N) is 1. The van der Waals surface area contributed by atoms with E-state index >= 15 is 0 Å². The maximum Gasteiger partial charge on any atom is 0.276 e. The van der Waals surface area contributed by atoms with Crippen LogP contribution in [0.4, 0.5) is 5.69 Å². The molecule has 0 fully saturated rings. The van der Waals surface area contributed by atoms with Crippen LogP contribution in [0.1, 0.15) is 33.0 Å². The number of carbonyl (C=O) groups is 1. The molecule has 0 aliphatic carbocycles. The first-order valence-electron chi connectivity index (χ1n) is 7.96. The van der Waals surface area contributed by atoms with E-state index in [2.05, 4.69) is 31.4 Å². The number of hydrogen-bond acceptors (Lipinski definition) is 3. The molecular formula is C18H20BrN5O. The fourth-order valence-corrected chi connectivity index (χ4v) is 2.85. The molecular weight excluding hydrogens is 382 g/mol. The lowest BCUT2D eigenvalue weighted by Crippen LogP contribution is -2.16. The summed E-state index contributed by atoms with van der Waals surface area (Å²) in [4.78, 5) is 12.5. The summed E-state index contributed by atoms with van der Waals surface area (Å²) in [7, 11) is 0. The lowest BCUT2D eigenvalue weighted by molar-refractivity contribution is 0.102. The van der Waals surface area contributed by atoms with Crippen LogP contribution >= 0.6 is 15.9 Å². The van der Waals surface area contributed by atoms with Gasteiger partial charge in [-0.15, -0.1) is 0 Å². The predicted octanol–water partition coefficient (Wildman–Crippen LogP) is 3.83. The molecule has 0 atom stereocenters. The SMILES string of the molecule is Cc1ccc(C)c(NC(=O)c2ccn(Cn3nc(C)c(Br)c3C)n2)c1. The third-order valence-corrected chi connectivity index (χ3v) is 5.23. The van der Waals surface area contributed by atoms with Gasteiger partial charge in [0.05, 0.1) is 15.9 Å². The van der Waals surface area contributed by atoms with Crippen LogP contribution in [0.25, 0.3) is 0 Å². The highest BCUT2D eigenvalue weighted by Gasteiger charge is 2.13. The third-order valence-electron chi connectivity index (χ3n) is 4.09. The highest BCUT2D eigenvalue weighted by Crippen LogP contribution is 2.20. The zero-order valence-electron chi connectivity index (χ0n) is 14.7. The number of benzene rings is 1. The summed E-state index contributed by atoms with van der Waals surface area (Å²) in [6.45, 7) is 8.35. The van der Waals surface area contributed by atoms with Gasteiger partial charge in [-0.05, 0) is 66.9 Å². The molecule has 3 rings (SSSR count). The first kappa shape index (κ1) is 17.4. The summed E-state index contributed by atoms with van der Waals surface area (Å²) in [5.74, 6) is -0.220. The Morgan fingerprint density at radius 2 is 1.92 bits per heavy atom. The van der Waals surface area contributed by atoms with E-state index in [0.29, 0.717) is 12.4 Å². The molecule has 0 bridgehead atoms. The van der Waals surface area contributed by atoms with Crippen molar-refractivity contribution in [1.29, 1.82) is 0 Å². The van der Waals surface area contributed by atoms with E-state index in [4.69, 9.17) is 0 Å². The predicted molar refractivity (Wildman–Crippen MR) is 101 cm³/mol. The zero-order chi connectivity index (χ0) is 18.1. The van der Waals surface area contributed by atoms with Gasteiger partial charge < -0.3 is 5.32 Å². The van der Waals surface area contributed by atoms with Crippen LogP contribution in [0.2, 0.25) is 0 Å². The minimum atomic E-state index is -0.220. The minimum Gasteiger partial charge on any atom is -0.320 e. The van der Waals surface area contributed by atoms with E-state index < -0.39 is 0 Å². The molecule has 1 N–H and O–H groups in total. The van der Waals surface area contributed by atoms with Gasteiger partial charge in [0, 0.05) is 11.9 Å². The normalized spacial score (nSPS) is 10.9. The number of halogens is 1. The highest BCUT2D eigenvalue weighted by atomic mass is 79.9. The lowest BCUT2D eigenvalue weighted by Gasteiger charge is -2.08. The third kappa shape index (κ3) is 3.66. The van der Waals surface area contributed by atoms with Crippen molar-refractivity contribution in [1.82, 2.24) is 19.6 Å². The molecule has 6 nitrogen and oxygen atoms in total. The molecule has 130 valence electrons. The van der Waals surface area contributed by atoms with Gasteiger partial charge in [0.15, 0.2) is 5.69 Å². The first-order valence-corrected chi connectivity index (χ1v) is 8.76. The fourth-order valence-electron chi connectivity index (χ4n) is 2.57. The first-order chi connectivity index (χ1) is 11.8. The van der Waals surface area contributed by atoms with E-state index in [9.17, 15) is 4.79 Å². The average Bonchev–Trinajstić information content (AvgIpc) is 3.13. The summed E-state index contributed by atoms with van der Waals surface area (Å²) < 4.78 is 4.54. The molecule has 0 saturated heterocycles. The van der Waals surface area contributed by atoms with Gasteiger partial charge in [-0.1, -0.05) is 12.1 Å². The number of aryl methyl sites for hydroxylation is 3. The summed E-state index contributed by atoms with van der Waals surface area (Å²) in [5, 5.41) is 11.7. The maximum absolute atomic E-state index is 12.5. The quantitative estimate of drug-likeness (QED) is 0.722. The Morgan fingerprint density at radius 3 is 2.60 bits per heavy atom. The Kier molecular flexibility index (Phi) is 4.76. The summed E-state index contributed by atoms with van der Waals surface area (Å²) in [6.07, 6.45) is 1.78. The van der Waals surface area contributed by atoms with Gasteiger partial charge in [0.2, 0.25) is 0 Å². The molecule has 2 aromatic heterocycles. The molecule has 2 heterocycles. The molecule has 0 spiro atoms. The van der Waals surface area contributed by atoms with Gasteiger partial charge in [0.25, 0.3) is 5.91 Å². The maximum atomic E-state index is 12.5. The van der Waals surface area contributed by atoms with Gasteiger partial charge in [-0.3, -0.25) is 9.48 Å². The summed E-state index contributed by atoms with van der Waals surface area (Å²) in [5.41, 5.74) is 5.25. The largest absolute Gasteiger partial charge is 0.320 e. The smallest absolute Gasteiger partial charge is 0.276 e. The van der Waals surface area contributed by atoms with E-state index in [0.717, 1.165) is 32.7 Å². The Bertz CT molecular complexity index is 941. The highest BCUT2D eigenvalue weighted by molar-refractivity contribution is 9.10. The Morgan fingerprint density at radius 1 is 1.16 bits per heavy atom. The van der Waals surface area contributed by atoms with E-state index in [1.165, 1.54) is 0 Å². The van der Waals surface area contributed by atoms with Crippen molar-refractivity contribution in [3.63, 3.8) is 0 Å². The molecule has 1 amide bonds. The summed E-state index contributed by atoms with van der Waals surface area (Å²) >= 11 is 3.51. The van der Waals surface area contributed by atoms with Crippen LogP contribution < -0.4 is 5.32 Å². The fraction of sp³-hybridized carbons (Fsp3) is 0.278. The van der Waals surface area contributed by atoms with Crippen LogP contribution in [0.5, 0.6) is 0 Å². The minimum absolute atomic E-state index is 0.220. The van der Waals surface area contributed by atoms with E-state index in [-0.39, 0.29) is 5.91 Å². The number of rotatable bonds is 4. The van der Waals surface area contributed by atoms with Crippen LogP contribution in [0.15, 0.2) is 34.9 Å². The molecule has 0 saturated carbocycles. The number of anilines is 1. The molecule has 3 aromatic rings. The van der Waals surface area contributed by atoms with Crippen molar-refractivity contribution < 1.29 is 4.79 Å². The van der Waals surface area contributed by atoms with Gasteiger partial charge in [-0.25, -0.2) is 4.68 Å². The number of carbonyl (C=O) groups excluding carboxylic acids is 1. The number of nitrogens with zero attached hydrogens (tertiary/aromatic N) is 4. The second-order valence-electron chi connectivity index (χ2n) is 6.14. The second-order valence-corrected chi connectivity index (χ2v) is 6.93. The van der Waals surface area contributed by atoms with Crippen LogP contribution in [0, 0.1) is 27.7 Å².